The Morgan fingerprint density at radius 2 is 1.62 bits per heavy atom. The third kappa shape index (κ3) is 1.74. The van der Waals surface area contributed by atoms with Gasteiger partial charge in [0.05, 0.1) is 0 Å². The van der Waals surface area contributed by atoms with E-state index in [2.05, 4.69) is 0 Å². The van der Waals surface area contributed by atoms with Crippen LogP contribution in [0.1, 0.15) is 11.1 Å². The summed E-state index contributed by atoms with van der Waals surface area (Å²) < 4.78 is 0. The minimum Gasteiger partial charge on any atom is -0.508 e. The predicted molar refractivity (Wildman–Crippen MR) is 64.7 cm³/mol. The average molecular weight is 214 g/mol. The first-order valence-electron chi connectivity index (χ1n) is 5.18. The Balaban J connectivity index is 2.68. The van der Waals surface area contributed by atoms with E-state index in [9.17, 15) is 10.2 Å². The minimum atomic E-state index is 0.245. The van der Waals surface area contributed by atoms with E-state index in [0.29, 0.717) is 0 Å². The second-order valence-corrected chi connectivity index (χ2v) is 3.97. The van der Waals surface area contributed by atoms with Gasteiger partial charge in [0.2, 0.25) is 0 Å². The second kappa shape index (κ2) is 3.89. The topological polar surface area (TPSA) is 40.5 Å². The van der Waals surface area contributed by atoms with Crippen LogP contribution in [0.25, 0.3) is 11.1 Å². The van der Waals surface area contributed by atoms with Crippen molar-refractivity contribution >= 4 is 0 Å². The molecule has 0 atom stereocenters. The molecule has 0 fully saturated rings. The van der Waals surface area contributed by atoms with Crippen LogP contribution < -0.4 is 0 Å². The number of aromatic hydroxyl groups is 2. The molecule has 0 heterocycles. The molecule has 2 aromatic carbocycles. The normalized spacial score (nSPS) is 10.4. The number of hydrogen-bond donors (Lipinski definition) is 2. The van der Waals surface area contributed by atoms with E-state index in [1.165, 1.54) is 0 Å². The Hall–Kier alpha value is -1.96. The highest BCUT2D eigenvalue weighted by molar-refractivity contribution is 5.76. The smallest absolute Gasteiger partial charge is 0.123 e. The fraction of sp³-hybridized carbons (Fsp3) is 0.143. The van der Waals surface area contributed by atoms with Gasteiger partial charge >= 0.3 is 0 Å². The van der Waals surface area contributed by atoms with Gasteiger partial charge in [0.25, 0.3) is 0 Å². The first-order valence-corrected chi connectivity index (χ1v) is 5.18. The number of aryl methyl sites for hydroxylation is 2. The van der Waals surface area contributed by atoms with E-state index in [1.54, 1.807) is 18.2 Å². The van der Waals surface area contributed by atoms with Gasteiger partial charge in [-0.05, 0) is 48.7 Å². The Labute approximate surface area is 94.8 Å². The van der Waals surface area contributed by atoms with Crippen LogP contribution in [0.2, 0.25) is 0 Å². The van der Waals surface area contributed by atoms with Gasteiger partial charge in [-0.3, -0.25) is 0 Å². The van der Waals surface area contributed by atoms with Gasteiger partial charge in [-0.1, -0.05) is 18.2 Å². The summed E-state index contributed by atoms with van der Waals surface area (Å²) in [6, 6.07) is 10.6. The molecule has 0 spiro atoms. The van der Waals surface area contributed by atoms with Crippen molar-refractivity contribution in [2.24, 2.45) is 0 Å². The van der Waals surface area contributed by atoms with Crippen molar-refractivity contribution in [2.45, 2.75) is 13.8 Å². The summed E-state index contributed by atoms with van der Waals surface area (Å²) in [6.45, 7) is 3.88. The standard InChI is InChI=1S/C14H14O2/c1-9-4-3-5-13(16)14(9)12-7-6-11(15)8-10(12)2/h3-8,15-16H,1-2H3. The van der Waals surface area contributed by atoms with Crippen molar-refractivity contribution in [3.63, 3.8) is 0 Å². The summed E-state index contributed by atoms with van der Waals surface area (Å²) in [5, 5.41) is 19.2. The number of benzene rings is 2. The van der Waals surface area contributed by atoms with Crippen molar-refractivity contribution < 1.29 is 10.2 Å². The lowest BCUT2D eigenvalue weighted by atomic mass is 9.95. The van der Waals surface area contributed by atoms with Gasteiger partial charge < -0.3 is 10.2 Å². The van der Waals surface area contributed by atoms with Gasteiger partial charge in [0, 0.05) is 5.56 Å². The van der Waals surface area contributed by atoms with Crippen molar-refractivity contribution in [1.82, 2.24) is 0 Å². The molecule has 0 saturated heterocycles. The highest BCUT2D eigenvalue weighted by atomic mass is 16.3. The van der Waals surface area contributed by atoms with Crippen LogP contribution in [0.5, 0.6) is 11.5 Å². The summed E-state index contributed by atoms with van der Waals surface area (Å²) in [5.74, 6) is 0.517. The first-order chi connectivity index (χ1) is 7.59. The molecule has 2 aromatic rings. The summed E-state index contributed by atoms with van der Waals surface area (Å²) in [7, 11) is 0. The number of phenolic OH excluding ortho intramolecular Hbond substituents is 2. The SMILES string of the molecule is Cc1cc(O)ccc1-c1c(C)cccc1O. The fourth-order valence-corrected chi connectivity index (χ4v) is 1.93. The third-order valence-electron chi connectivity index (χ3n) is 2.73. The molecule has 2 rings (SSSR count). The van der Waals surface area contributed by atoms with Crippen LogP contribution in [0.3, 0.4) is 0 Å². The Bertz CT molecular complexity index is 510. The van der Waals surface area contributed by atoms with Crippen LogP contribution in [0.4, 0.5) is 0 Å². The molecule has 0 aromatic heterocycles. The van der Waals surface area contributed by atoms with Crippen LogP contribution in [-0.2, 0) is 0 Å². The zero-order valence-electron chi connectivity index (χ0n) is 9.36. The summed E-state index contributed by atoms with van der Waals surface area (Å²) in [5.41, 5.74) is 3.76. The van der Waals surface area contributed by atoms with E-state index in [-0.39, 0.29) is 11.5 Å². The summed E-state index contributed by atoms with van der Waals surface area (Å²) >= 11 is 0. The molecule has 0 unspecified atom stereocenters. The van der Waals surface area contributed by atoms with Gasteiger partial charge in [-0.2, -0.15) is 0 Å². The van der Waals surface area contributed by atoms with Crippen LogP contribution in [0.15, 0.2) is 36.4 Å². The minimum absolute atomic E-state index is 0.245. The molecule has 0 bridgehead atoms. The van der Waals surface area contributed by atoms with Gasteiger partial charge in [0.15, 0.2) is 0 Å². The van der Waals surface area contributed by atoms with Crippen molar-refractivity contribution in [3.05, 3.63) is 47.5 Å². The van der Waals surface area contributed by atoms with Crippen molar-refractivity contribution in [1.29, 1.82) is 0 Å². The summed E-state index contributed by atoms with van der Waals surface area (Å²) in [4.78, 5) is 0. The van der Waals surface area contributed by atoms with Crippen LogP contribution in [0, 0.1) is 13.8 Å². The molecule has 0 aliphatic heterocycles. The largest absolute Gasteiger partial charge is 0.508 e. The molecular formula is C14H14O2. The third-order valence-corrected chi connectivity index (χ3v) is 2.73. The highest BCUT2D eigenvalue weighted by Gasteiger charge is 2.09. The monoisotopic (exact) mass is 214 g/mol. The molecule has 16 heavy (non-hydrogen) atoms. The van der Waals surface area contributed by atoms with E-state index >= 15 is 0 Å². The molecule has 0 amide bonds. The van der Waals surface area contributed by atoms with Crippen LogP contribution >= 0.6 is 0 Å². The number of rotatable bonds is 1. The lowest BCUT2D eigenvalue weighted by Gasteiger charge is -2.11. The summed E-state index contributed by atoms with van der Waals surface area (Å²) in [6.07, 6.45) is 0. The zero-order chi connectivity index (χ0) is 11.7. The quantitative estimate of drug-likeness (QED) is 0.764. The van der Waals surface area contributed by atoms with E-state index in [1.807, 2.05) is 32.0 Å². The number of hydrogen-bond acceptors (Lipinski definition) is 2. The molecule has 0 aliphatic carbocycles. The number of phenols is 2. The molecule has 0 aliphatic rings. The molecule has 2 nitrogen and oxygen atoms in total. The first kappa shape index (κ1) is 10.6. The fourth-order valence-electron chi connectivity index (χ4n) is 1.93. The molecule has 2 heteroatoms. The van der Waals surface area contributed by atoms with Gasteiger partial charge in [-0.15, -0.1) is 0 Å². The van der Waals surface area contributed by atoms with E-state index in [0.717, 1.165) is 22.3 Å². The molecule has 0 radical (unpaired) electrons. The molecule has 82 valence electrons. The zero-order valence-corrected chi connectivity index (χ0v) is 9.36. The van der Waals surface area contributed by atoms with Crippen LogP contribution in [-0.4, -0.2) is 10.2 Å². The maximum Gasteiger partial charge on any atom is 0.123 e. The Morgan fingerprint density at radius 1 is 0.875 bits per heavy atom. The second-order valence-electron chi connectivity index (χ2n) is 3.97. The predicted octanol–water partition coefficient (Wildman–Crippen LogP) is 3.38. The van der Waals surface area contributed by atoms with Gasteiger partial charge in [-0.25, -0.2) is 0 Å². The van der Waals surface area contributed by atoms with E-state index < -0.39 is 0 Å². The lowest BCUT2D eigenvalue weighted by molar-refractivity contribution is 0.473. The highest BCUT2D eigenvalue weighted by Crippen LogP contribution is 2.35. The molecule has 0 saturated carbocycles. The molecule has 2 N–H and O–H groups in total. The average Bonchev–Trinajstić information content (AvgIpc) is 2.20. The Morgan fingerprint density at radius 3 is 2.25 bits per heavy atom. The maximum absolute atomic E-state index is 9.88. The van der Waals surface area contributed by atoms with Gasteiger partial charge in [0.1, 0.15) is 11.5 Å². The van der Waals surface area contributed by atoms with E-state index in [4.69, 9.17) is 0 Å². The van der Waals surface area contributed by atoms with Crippen molar-refractivity contribution in [3.8, 4) is 22.6 Å². The molecular weight excluding hydrogens is 200 g/mol. The lowest BCUT2D eigenvalue weighted by Crippen LogP contribution is -1.87. The maximum atomic E-state index is 9.88. The van der Waals surface area contributed by atoms with Crippen molar-refractivity contribution in [2.75, 3.05) is 0 Å². The Kier molecular flexibility index (Phi) is 2.57.